The third-order valence-electron chi connectivity index (χ3n) is 2.24. The average molecular weight is 332 g/mol. The minimum absolute atomic E-state index is 0.0437. The molecule has 0 radical (unpaired) electrons. The Morgan fingerprint density at radius 2 is 2.06 bits per heavy atom. The zero-order valence-electron chi connectivity index (χ0n) is 9.04. The molecule has 0 aliphatic heterocycles. The van der Waals surface area contributed by atoms with Crippen molar-refractivity contribution < 1.29 is 13.6 Å². The van der Waals surface area contributed by atoms with Gasteiger partial charge in [-0.1, -0.05) is 0 Å². The van der Waals surface area contributed by atoms with Gasteiger partial charge in [-0.15, -0.1) is 11.3 Å². The second kappa shape index (κ2) is 5.58. The molecule has 0 spiro atoms. The summed E-state index contributed by atoms with van der Waals surface area (Å²) < 4.78 is 27.1. The summed E-state index contributed by atoms with van der Waals surface area (Å²) >= 11 is 4.52. The van der Waals surface area contributed by atoms with Gasteiger partial charge in [-0.3, -0.25) is 4.79 Å². The topological polar surface area (TPSA) is 29.1 Å². The summed E-state index contributed by atoms with van der Waals surface area (Å²) in [6, 6.07) is 6.56. The maximum absolute atomic E-state index is 13.3. The Morgan fingerprint density at radius 1 is 1.28 bits per heavy atom. The first-order valence-electron chi connectivity index (χ1n) is 5.04. The highest BCUT2D eigenvalue weighted by atomic mass is 79.9. The number of hydrogen-bond donors (Lipinski definition) is 1. The lowest BCUT2D eigenvalue weighted by Gasteiger charge is -2.05. The van der Waals surface area contributed by atoms with E-state index in [4.69, 9.17) is 0 Å². The van der Waals surface area contributed by atoms with Crippen LogP contribution in [0.15, 0.2) is 34.1 Å². The van der Waals surface area contributed by atoms with Crippen molar-refractivity contribution in [3.63, 3.8) is 0 Å². The van der Waals surface area contributed by atoms with E-state index in [2.05, 4.69) is 21.2 Å². The molecule has 18 heavy (non-hydrogen) atoms. The number of thiophene rings is 1. The van der Waals surface area contributed by atoms with Crippen molar-refractivity contribution in [2.24, 2.45) is 0 Å². The van der Waals surface area contributed by atoms with Crippen LogP contribution < -0.4 is 5.32 Å². The van der Waals surface area contributed by atoms with Gasteiger partial charge in [0.15, 0.2) is 0 Å². The van der Waals surface area contributed by atoms with E-state index in [0.717, 1.165) is 22.0 Å². The lowest BCUT2D eigenvalue weighted by molar-refractivity contribution is 0.0954. The number of rotatable bonds is 3. The molecule has 0 atom stereocenters. The van der Waals surface area contributed by atoms with Crippen molar-refractivity contribution >= 4 is 33.2 Å². The largest absolute Gasteiger partial charge is 0.347 e. The highest BCUT2D eigenvalue weighted by Gasteiger charge is 2.10. The predicted octanol–water partition coefficient (Wildman–Crippen LogP) is 3.72. The number of hydrogen-bond acceptors (Lipinski definition) is 2. The van der Waals surface area contributed by atoms with Crippen LogP contribution >= 0.6 is 27.3 Å². The standard InChI is InChI=1S/C12H8BrF2NOS/c13-11-4-3-10(18-11)12(17)16-6-7-5-8(14)1-2-9(7)15/h1-5H,6H2,(H,16,17). The Balaban J connectivity index is 2.03. The third kappa shape index (κ3) is 3.14. The van der Waals surface area contributed by atoms with Crippen molar-refractivity contribution in [2.45, 2.75) is 6.54 Å². The van der Waals surface area contributed by atoms with Crippen LogP contribution in [0, 0.1) is 11.6 Å². The highest BCUT2D eigenvalue weighted by molar-refractivity contribution is 9.11. The second-order valence-corrected chi connectivity index (χ2v) is 5.99. The lowest BCUT2D eigenvalue weighted by atomic mass is 10.2. The smallest absolute Gasteiger partial charge is 0.261 e. The molecular weight excluding hydrogens is 324 g/mol. The van der Waals surface area contributed by atoms with Crippen LogP contribution in [0.2, 0.25) is 0 Å². The van der Waals surface area contributed by atoms with Gasteiger partial charge in [0.1, 0.15) is 11.6 Å². The Labute approximate surface area is 115 Å². The van der Waals surface area contributed by atoms with Gasteiger partial charge >= 0.3 is 0 Å². The molecule has 2 nitrogen and oxygen atoms in total. The first-order valence-corrected chi connectivity index (χ1v) is 6.64. The number of nitrogens with one attached hydrogen (secondary N) is 1. The first-order chi connectivity index (χ1) is 8.56. The van der Waals surface area contributed by atoms with Crippen LogP contribution in [0.4, 0.5) is 8.78 Å². The van der Waals surface area contributed by atoms with Crippen molar-refractivity contribution in [1.29, 1.82) is 0 Å². The summed E-state index contributed by atoms with van der Waals surface area (Å²) in [5.74, 6) is -1.38. The second-order valence-electron chi connectivity index (χ2n) is 3.52. The van der Waals surface area contributed by atoms with Crippen LogP contribution in [0.1, 0.15) is 15.2 Å². The number of carbonyl (C=O) groups is 1. The van der Waals surface area contributed by atoms with E-state index in [-0.39, 0.29) is 18.0 Å². The zero-order valence-corrected chi connectivity index (χ0v) is 11.4. The SMILES string of the molecule is O=C(NCc1cc(F)ccc1F)c1ccc(Br)s1. The van der Waals surface area contributed by atoms with Crippen molar-refractivity contribution in [2.75, 3.05) is 0 Å². The van der Waals surface area contributed by atoms with Crippen LogP contribution in [0.25, 0.3) is 0 Å². The van der Waals surface area contributed by atoms with Gasteiger partial charge in [-0.2, -0.15) is 0 Å². The molecule has 0 saturated carbocycles. The molecular formula is C12H8BrF2NOS. The molecule has 1 aromatic heterocycles. The van der Waals surface area contributed by atoms with E-state index in [0.29, 0.717) is 4.88 Å². The van der Waals surface area contributed by atoms with Gasteiger partial charge in [0.2, 0.25) is 0 Å². The van der Waals surface area contributed by atoms with E-state index >= 15 is 0 Å². The fourth-order valence-corrected chi connectivity index (χ4v) is 2.68. The fraction of sp³-hybridized carbons (Fsp3) is 0.0833. The summed E-state index contributed by atoms with van der Waals surface area (Å²) in [6.45, 7) is -0.0437. The van der Waals surface area contributed by atoms with Crippen molar-refractivity contribution in [1.82, 2.24) is 5.32 Å². The monoisotopic (exact) mass is 331 g/mol. The molecule has 94 valence electrons. The summed E-state index contributed by atoms with van der Waals surface area (Å²) in [5, 5.41) is 2.54. The van der Waals surface area contributed by atoms with E-state index < -0.39 is 11.6 Å². The fourth-order valence-electron chi connectivity index (χ4n) is 1.38. The van der Waals surface area contributed by atoms with Gasteiger partial charge in [0.05, 0.1) is 8.66 Å². The van der Waals surface area contributed by atoms with E-state index in [1.54, 1.807) is 12.1 Å². The molecule has 0 saturated heterocycles. The molecule has 6 heteroatoms. The highest BCUT2D eigenvalue weighted by Crippen LogP contribution is 2.22. The molecule has 1 amide bonds. The van der Waals surface area contributed by atoms with E-state index in [1.807, 2.05) is 0 Å². The van der Waals surface area contributed by atoms with Gasteiger partial charge in [-0.05, 0) is 46.3 Å². The summed E-state index contributed by atoms with van der Waals surface area (Å²) in [5.41, 5.74) is 0.124. The van der Waals surface area contributed by atoms with Crippen LogP contribution in [0.3, 0.4) is 0 Å². The Hall–Kier alpha value is -1.27. The third-order valence-corrected chi connectivity index (χ3v) is 3.87. The normalized spacial score (nSPS) is 10.4. The van der Waals surface area contributed by atoms with Crippen LogP contribution in [-0.4, -0.2) is 5.91 Å². The Bertz CT molecular complexity index is 585. The maximum Gasteiger partial charge on any atom is 0.261 e. The van der Waals surface area contributed by atoms with Crippen LogP contribution in [-0.2, 0) is 6.54 Å². The molecule has 2 aromatic rings. The molecule has 2 rings (SSSR count). The molecule has 0 aliphatic carbocycles. The van der Waals surface area contributed by atoms with Gasteiger partial charge in [-0.25, -0.2) is 8.78 Å². The van der Waals surface area contributed by atoms with Gasteiger partial charge < -0.3 is 5.32 Å². The molecule has 1 heterocycles. The summed E-state index contributed by atoms with van der Waals surface area (Å²) in [6.07, 6.45) is 0. The quantitative estimate of drug-likeness (QED) is 0.912. The number of amides is 1. The lowest BCUT2D eigenvalue weighted by Crippen LogP contribution is -2.22. The first kappa shape index (κ1) is 13.2. The molecule has 1 aromatic carbocycles. The predicted molar refractivity (Wildman–Crippen MR) is 69.5 cm³/mol. The molecule has 0 aliphatic rings. The van der Waals surface area contributed by atoms with Gasteiger partial charge in [0, 0.05) is 12.1 Å². The summed E-state index contributed by atoms with van der Waals surface area (Å²) in [4.78, 5) is 12.2. The molecule has 0 fully saturated rings. The van der Waals surface area contributed by atoms with Gasteiger partial charge in [0.25, 0.3) is 5.91 Å². The minimum Gasteiger partial charge on any atom is -0.347 e. The Kier molecular flexibility index (Phi) is 4.08. The minimum atomic E-state index is -0.538. The average Bonchev–Trinajstić information content (AvgIpc) is 2.77. The molecule has 0 bridgehead atoms. The molecule has 1 N–H and O–H groups in total. The van der Waals surface area contributed by atoms with E-state index in [9.17, 15) is 13.6 Å². The van der Waals surface area contributed by atoms with Crippen molar-refractivity contribution in [3.05, 3.63) is 56.2 Å². The Morgan fingerprint density at radius 3 is 2.72 bits per heavy atom. The van der Waals surface area contributed by atoms with Crippen LogP contribution in [0.5, 0.6) is 0 Å². The molecule has 0 unspecified atom stereocenters. The number of carbonyl (C=O) groups excluding carboxylic acids is 1. The zero-order chi connectivity index (χ0) is 13.1. The maximum atomic E-state index is 13.3. The summed E-state index contributed by atoms with van der Waals surface area (Å²) in [7, 11) is 0. The number of benzene rings is 1. The number of halogens is 3. The van der Waals surface area contributed by atoms with Crippen molar-refractivity contribution in [3.8, 4) is 0 Å². The van der Waals surface area contributed by atoms with E-state index in [1.165, 1.54) is 11.3 Å².